The summed E-state index contributed by atoms with van der Waals surface area (Å²) in [5.41, 5.74) is 2.44. The molecule has 0 unspecified atom stereocenters. The van der Waals surface area contributed by atoms with Gasteiger partial charge in [0.05, 0.1) is 7.11 Å². The van der Waals surface area contributed by atoms with Crippen molar-refractivity contribution in [2.75, 3.05) is 26.7 Å². The maximum absolute atomic E-state index is 12.7. The van der Waals surface area contributed by atoms with Gasteiger partial charge in [0, 0.05) is 26.6 Å². The first-order valence-corrected chi connectivity index (χ1v) is 8.49. The Balaban J connectivity index is 1.65. The Hall–Kier alpha value is -2.30. The zero-order chi connectivity index (χ0) is 17.1. The van der Waals surface area contributed by atoms with E-state index in [2.05, 4.69) is 18.2 Å². The van der Waals surface area contributed by atoms with Crippen molar-refractivity contribution in [3.8, 4) is 5.75 Å². The Bertz CT molecular complexity index is 651. The van der Waals surface area contributed by atoms with Gasteiger partial charge in [-0.15, -0.1) is 0 Å². The standard InChI is InChI=1S/C19H24N2O3/c1-14(22)21-11-3-4-18(21)19(23)20-12-9-16(10-13-20)15-5-7-17(24-2)8-6-15/h5-9,18H,3-4,10-13H2,1-2H3/t18-/m1/s1. The summed E-state index contributed by atoms with van der Waals surface area (Å²) in [5, 5.41) is 0. The molecule has 0 saturated carbocycles. The Kier molecular flexibility index (Phi) is 4.88. The van der Waals surface area contributed by atoms with E-state index >= 15 is 0 Å². The maximum Gasteiger partial charge on any atom is 0.245 e. The van der Waals surface area contributed by atoms with Crippen LogP contribution in [0.5, 0.6) is 5.75 Å². The molecule has 2 amide bonds. The van der Waals surface area contributed by atoms with Crippen LogP contribution in [0.2, 0.25) is 0 Å². The Labute approximate surface area is 142 Å². The van der Waals surface area contributed by atoms with Crippen molar-refractivity contribution in [3.63, 3.8) is 0 Å². The number of hydrogen-bond donors (Lipinski definition) is 0. The molecule has 128 valence electrons. The van der Waals surface area contributed by atoms with Crippen molar-refractivity contribution < 1.29 is 14.3 Å². The lowest BCUT2D eigenvalue weighted by Gasteiger charge is -2.32. The first kappa shape index (κ1) is 16.6. The van der Waals surface area contributed by atoms with Gasteiger partial charge in [-0.25, -0.2) is 0 Å². The summed E-state index contributed by atoms with van der Waals surface area (Å²) in [6, 6.07) is 7.75. The molecular formula is C19H24N2O3. The molecule has 0 bridgehead atoms. The summed E-state index contributed by atoms with van der Waals surface area (Å²) in [7, 11) is 1.66. The molecular weight excluding hydrogens is 304 g/mol. The van der Waals surface area contributed by atoms with Crippen LogP contribution in [-0.2, 0) is 9.59 Å². The average Bonchev–Trinajstić information content (AvgIpc) is 3.11. The predicted molar refractivity (Wildman–Crippen MR) is 92.6 cm³/mol. The van der Waals surface area contributed by atoms with Crippen molar-refractivity contribution in [1.82, 2.24) is 9.80 Å². The molecule has 0 aromatic heterocycles. The van der Waals surface area contributed by atoms with E-state index in [0.29, 0.717) is 19.6 Å². The molecule has 0 aliphatic carbocycles. The molecule has 1 atom stereocenters. The Morgan fingerprint density at radius 3 is 2.50 bits per heavy atom. The third kappa shape index (κ3) is 3.30. The Morgan fingerprint density at radius 1 is 1.17 bits per heavy atom. The van der Waals surface area contributed by atoms with Gasteiger partial charge < -0.3 is 14.5 Å². The second-order valence-electron chi connectivity index (χ2n) is 6.36. The predicted octanol–water partition coefficient (Wildman–Crippen LogP) is 2.32. The number of nitrogens with zero attached hydrogens (tertiary/aromatic N) is 2. The lowest BCUT2D eigenvalue weighted by atomic mass is 9.99. The zero-order valence-corrected chi connectivity index (χ0v) is 14.3. The van der Waals surface area contributed by atoms with Crippen LogP contribution < -0.4 is 4.74 Å². The highest BCUT2D eigenvalue weighted by Gasteiger charge is 2.35. The topological polar surface area (TPSA) is 49.9 Å². The van der Waals surface area contributed by atoms with Crippen molar-refractivity contribution in [2.24, 2.45) is 0 Å². The fourth-order valence-electron chi connectivity index (χ4n) is 3.55. The first-order chi connectivity index (χ1) is 11.6. The number of carbonyl (C=O) groups is 2. The molecule has 1 aromatic rings. The van der Waals surface area contributed by atoms with Crippen LogP contribution in [0.15, 0.2) is 30.3 Å². The second kappa shape index (κ2) is 7.07. The number of methoxy groups -OCH3 is 1. The van der Waals surface area contributed by atoms with Crippen LogP contribution in [-0.4, -0.2) is 54.4 Å². The van der Waals surface area contributed by atoms with Crippen LogP contribution in [0.25, 0.3) is 5.57 Å². The molecule has 24 heavy (non-hydrogen) atoms. The van der Waals surface area contributed by atoms with Crippen molar-refractivity contribution in [2.45, 2.75) is 32.2 Å². The minimum absolute atomic E-state index is 0.00248. The molecule has 2 aliphatic rings. The van der Waals surface area contributed by atoms with Gasteiger partial charge in [-0.1, -0.05) is 18.2 Å². The van der Waals surface area contributed by atoms with Crippen LogP contribution in [0.3, 0.4) is 0 Å². The van der Waals surface area contributed by atoms with Crippen molar-refractivity contribution in [1.29, 1.82) is 0 Å². The maximum atomic E-state index is 12.7. The quantitative estimate of drug-likeness (QED) is 0.856. The van der Waals surface area contributed by atoms with Crippen LogP contribution in [0.1, 0.15) is 31.7 Å². The van der Waals surface area contributed by atoms with Gasteiger partial charge in [0.15, 0.2) is 0 Å². The van der Waals surface area contributed by atoms with Gasteiger partial charge >= 0.3 is 0 Å². The van der Waals surface area contributed by atoms with Crippen LogP contribution in [0, 0.1) is 0 Å². The molecule has 0 radical (unpaired) electrons. The van der Waals surface area contributed by atoms with E-state index in [4.69, 9.17) is 4.74 Å². The van der Waals surface area contributed by atoms with Gasteiger partial charge in [-0.05, 0) is 42.5 Å². The van der Waals surface area contributed by atoms with Gasteiger partial charge in [-0.3, -0.25) is 9.59 Å². The molecule has 3 rings (SSSR count). The smallest absolute Gasteiger partial charge is 0.245 e. The highest BCUT2D eigenvalue weighted by molar-refractivity contribution is 5.88. The van der Waals surface area contributed by atoms with Gasteiger partial charge in [0.1, 0.15) is 11.8 Å². The van der Waals surface area contributed by atoms with E-state index in [-0.39, 0.29) is 17.9 Å². The summed E-state index contributed by atoms with van der Waals surface area (Å²) >= 11 is 0. The second-order valence-corrected chi connectivity index (χ2v) is 6.36. The van der Waals surface area contributed by atoms with Crippen LogP contribution >= 0.6 is 0 Å². The van der Waals surface area contributed by atoms with E-state index in [1.165, 1.54) is 11.1 Å². The third-order valence-corrected chi connectivity index (χ3v) is 4.92. The number of benzene rings is 1. The Morgan fingerprint density at radius 2 is 1.92 bits per heavy atom. The summed E-state index contributed by atoms with van der Waals surface area (Å²) in [4.78, 5) is 28.0. The van der Waals surface area contributed by atoms with E-state index < -0.39 is 0 Å². The van der Waals surface area contributed by atoms with Gasteiger partial charge in [-0.2, -0.15) is 0 Å². The average molecular weight is 328 g/mol. The van der Waals surface area contributed by atoms with E-state index in [1.54, 1.807) is 18.9 Å². The normalized spacial score (nSPS) is 20.8. The highest BCUT2D eigenvalue weighted by Crippen LogP contribution is 2.26. The largest absolute Gasteiger partial charge is 0.497 e. The van der Waals surface area contributed by atoms with Gasteiger partial charge in [0.2, 0.25) is 11.8 Å². The van der Waals surface area contributed by atoms with E-state index in [0.717, 1.165) is 25.0 Å². The molecule has 1 fully saturated rings. The number of carbonyl (C=O) groups excluding carboxylic acids is 2. The summed E-state index contributed by atoms with van der Waals surface area (Å²) < 4.78 is 5.19. The van der Waals surface area contributed by atoms with E-state index in [9.17, 15) is 9.59 Å². The summed E-state index contributed by atoms with van der Waals surface area (Å²) in [6.45, 7) is 3.57. The number of likely N-dealkylation sites (tertiary alicyclic amines) is 1. The number of rotatable bonds is 3. The van der Waals surface area contributed by atoms with Crippen molar-refractivity contribution in [3.05, 3.63) is 35.9 Å². The minimum atomic E-state index is -0.265. The molecule has 1 saturated heterocycles. The number of ether oxygens (including phenoxy) is 1. The molecule has 0 N–H and O–H groups in total. The fourth-order valence-corrected chi connectivity index (χ4v) is 3.55. The molecule has 5 nitrogen and oxygen atoms in total. The van der Waals surface area contributed by atoms with Gasteiger partial charge in [0.25, 0.3) is 0 Å². The highest BCUT2D eigenvalue weighted by atomic mass is 16.5. The molecule has 2 heterocycles. The van der Waals surface area contributed by atoms with E-state index in [1.807, 2.05) is 17.0 Å². The zero-order valence-electron chi connectivity index (χ0n) is 14.3. The summed E-state index contributed by atoms with van der Waals surface area (Å²) in [5.74, 6) is 0.933. The third-order valence-electron chi connectivity index (χ3n) is 4.92. The SMILES string of the molecule is COc1ccc(C2=CCN(C(=O)[C@H]3CCCN3C(C)=O)CC2)cc1. The monoisotopic (exact) mass is 328 g/mol. The lowest BCUT2D eigenvalue weighted by Crippen LogP contribution is -2.48. The number of amides is 2. The minimum Gasteiger partial charge on any atom is -0.497 e. The number of hydrogen-bond acceptors (Lipinski definition) is 3. The fraction of sp³-hybridized carbons (Fsp3) is 0.474. The lowest BCUT2D eigenvalue weighted by molar-refractivity contribution is -0.142. The molecule has 2 aliphatic heterocycles. The summed E-state index contributed by atoms with van der Waals surface area (Å²) in [6.07, 6.45) is 4.65. The molecule has 5 heteroatoms. The first-order valence-electron chi connectivity index (χ1n) is 8.49. The molecule has 1 aromatic carbocycles. The van der Waals surface area contributed by atoms with Crippen molar-refractivity contribution >= 4 is 17.4 Å². The molecule has 0 spiro atoms. The van der Waals surface area contributed by atoms with Crippen LogP contribution in [0.4, 0.5) is 0 Å².